The summed E-state index contributed by atoms with van der Waals surface area (Å²) in [4.78, 5) is 4.38. The number of halogens is 3. The second kappa shape index (κ2) is 4.45. The zero-order valence-electron chi connectivity index (χ0n) is 11.1. The topological polar surface area (TPSA) is 24.9 Å². The summed E-state index contributed by atoms with van der Waals surface area (Å²) in [6.07, 6.45) is -3.82. The van der Waals surface area contributed by atoms with Crippen LogP contribution in [0.3, 0.4) is 0 Å². The third-order valence-corrected chi connectivity index (χ3v) is 3.82. The Morgan fingerprint density at radius 3 is 2.60 bits per heavy atom. The van der Waals surface area contributed by atoms with Gasteiger partial charge < -0.3 is 0 Å². The molecule has 1 aliphatic carbocycles. The molecule has 0 radical (unpaired) electrons. The fourth-order valence-corrected chi connectivity index (χ4v) is 2.34. The molecule has 0 bridgehead atoms. The molecule has 2 nitrogen and oxygen atoms in total. The van der Waals surface area contributed by atoms with Gasteiger partial charge in [-0.3, -0.25) is 10.3 Å². The zero-order valence-corrected chi connectivity index (χ0v) is 11.1. The van der Waals surface area contributed by atoms with E-state index in [0.717, 1.165) is 22.2 Å². The number of hydrogen-bond acceptors (Lipinski definition) is 2. The van der Waals surface area contributed by atoms with Crippen molar-refractivity contribution in [2.75, 3.05) is 0 Å². The number of pyridine rings is 1. The maximum atomic E-state index is 12.8. The zero-order chi connectivity index (χ0) is 14.4. The number of hydrogen-bond donors (Lipinski definition) is 1. The third-order valence-electron chi connectivity index (χ3n) is 3.82. The third kappa shape index (κ3) is 2.38. The van der Waals surface area contributed by atoms with Gasteiger partial charge in [0.05, 0.1) is 5.52 Å². The van der Waals surface area contributed by atoms with E-state index in [4.69, 9.17) is 0 Å². The van der Waals surface area contributed by atoms with Crippen molar-refractivity contribution in [2.45, 2.75) is 38.0 Å². The van der Waals surface area contributed by atoms with Crippen molar-refractivity contribution in [3.05, 3.63) is 41.6 Å². The van der Waals surface area contributed by atoms with Crippen molar-refractivity contribution in [2.24, 2.45) is 0 Å². The van der Waals surface area contributed by atoms with Crippen LogP contribution in [-0.4, -0.2) is 16.7 Å². The van der Waals surface area contributed by atoms with Crippen LogP contribution in [0.4, 0.5) is 13.2 Å². The lowest BCUT2D eigenvalue weighted by atomic mass is 10.1. The maximum absolute atomic E-state index is 12.8. The summed E-state index contributed by atoms with van der Waals surface area (Å²) in [5.74, 6) is 0. The van der Waals surface area contributed by atoms with E-state index in [1.54, 1.807) is 0 Å². The molecule has 1 heterocycles. The predicted octanol–water partition coefficient (Wildman–Crippen LogP) is 3.73. The first kappa shape index (κ1) is 13.4. The minimum Gasteiger partial charge on any atom is -0.299 e. The molecular weight excluding hydrogens is 265 g/mol. The first-order valence-electron chi connectivity index (χ1n) is 6.58. The molecule has 1 aromatic carbocycles. The lowest BCUT2D eigenvalue weighted by Gasteiger charge is -2.20. The van der Waals surface area contributed by atoms with Crippen LogP contribution in [0.15, 0.2) is 30.3 Å². The minimum atomic E-state index is -4.16. The highest BCUT2D eigenvalue weighted by molar-refractivity contribution is 5.79. The maximum Gasteiger partial charge on any atom is 0.406 e. The summed E-state index contributed by atoms with van der Waals surface area (Å²) in [6, 6.07) is 9.41. The Morgan fingerprint density at radius 2 is 1.95 bits per heavy atom. The van der Waals surface area contributed by atoms with E-state index in [9.17, 15) is 13.2 Å². The Labute approximate surface area is 115 Å². The quantitative estimate of drug-likeness (QED) is 0.926. The van der Waals surface area contributed by atoms with Crippen LogP contribution in [0, 0.1) is 6.92 Å². The van der Waals surface area contributed by atoms with E-state index in [1.807, 2.05) is 37.3 Å². The number of aryl methyl sites for hydroxylation is 1. The van der Waals surface area contributed by atoms with Gasteiger partial charge in [-0.2, -0.15) is 13.2 Å². The Kier molecular flexibility index (Phi) is 2.97. The summed E-state index contributed by atoms with van der Waals surface area (Å²) >= 11 is 0. The molecule has 5 heteroatoms. The molecule has 20 heavy (non-hydrogen) atoms. The molecule has 0 spiro atoms. The van der Waals surface area contributed by atoms with Gasteiger partial charge in [-0.05, 0) is 43.5 Å². The molecule has 3 rings (SSSR count). The molecule has 106 valence electrons. The first-order valence-corrected chi connectivity index (χ1v) is 6.58. The molecule has 2 aromatic rings. The Balaban J connectivity index is 1.77. The van der Waals surface area contributed by atoms with Gasteiger partial charge in [0.25, 0.3) is 0 Å². The molecule has 1 aliphatic rings. The van der Waals surface area contributed by atoms with Gasteiger partial charge in [0.2, 0.25) is 0 Å². The van der Waals surface area contributed by atoms with Crippen LogP contribution in [0.1, 0.15) is 24.1 Å². The number of fused-ring (bicyclic) bond motifs is 1. The van der Waals surface area contributed by atoms with Gasteiger partial charge in [0.1, 0.15) is 5.54 Å². The van der Waals surface area contributed by atoms with Crippen molar-refractivity contribution in [3.63, 3.8) is 0 Å². The van der Waals surface area contributed by atoms with Crippen molar-refractivity contribution in [1.82, 2.24) is 10.3 Å². The lowest BCUT2D eigenvalue weighted by Crippen LogP contribution is -2.44. The Hall–Kier alpha value is -1.62. The molecule has 0 saturated heterocycles. The molecular formula is C15H15F3N2. The standard InChI is InChI=1S/C15H15F3N2/c1-10-2-4-12-8-11(3-5-13(12)20-10)9-19-14(6-7-14)15(16,17)18/h2-5,8,19H,6-7,9H2,1H3. The number of aromatic nitrogens is 1. The average Bonchev–Trinajstić information content (AvgIpc) is 3.17. The van der Waals surface area contributed by atoms with E-state index >= 15 is 0 Å². The normalized spacial score (nSPS) is 17.4. The van der Waals surface area contributed by atoms with E-state index < -0.39 is 11.7 Å². The smallest absolute Gasteiger partial charge is 0.299 e. The molecule has 0 aliphatic heterocycles. The van der Waals surface area contributed by atoms with E-state index in [1.165, 1.54) is 0 Å². The Morgan fingerprint density at radius 1 is 1.20 bits per heavy atom. The van der Waals surface area contributed by atoms with Crippen LogP contribution in [0.5, 0.6) is 0 Å². The molecule has 0 atom stereocenters. The van der Waals surface area contributed by atoms with Crippen LogP contribution in [0.25, 0.3) is 10.9 Å². The van der Waals surface area contributed by atoms with Crippen molar-refractivity contribution < 1.29 is 13.2 Å². The molecule has 0 unspecified atom stereocenters. The highest BCUT2D eigenvalue weighted by Gasteiger charge is 2.62. The second-order valence-electron chi connectivity index (χ2n) is 5.41. The molecule has 0 amide bonds. The predicted molar refractivity (Wildman–Crippen MR) is 71.3 cm³/mol. The number of nitrogens with zero attached hydrogens (tertiary/aromatic N) is 1. The van der Waals surface area contributed by atoms with Gasteiger partial charge >= 0.3 is 6.18 Å². The van der Waals surface area contributed by atoms with Crippen LogP contribution >= 0.6 is 0 Å². The van der Waals surface area contributed by atoms with Crippen LogP contribution < -0.4 is 5.32 Å². The van der Waals surface area contributed by atoms with Crippen LogP contribution in [0.2, 0.25) is 0 Å². The van der Waals surface area contributed by atoms with Gasteiger partial charge in [-0.15, -0.1) is 0 Å². The molecule has 1 aromatic heterocycles. The second-order valence-corrected chi connectivity index (χ2v) is 5.41. The summed E-state index contributed by atoms with van der Waals surface area (Å²) in [6.45, 7) is 2.14. The van der Waals surface area contributed by atoms with Crippen molar-refractivity contribution in [1.29, 1.82) is 0 Å². The number of alkyl halides is 3. The van der Waals surface area contributed by atoms with Crippen LogP contribution in [-0.2, 0) is 6.54 Å². The summed E-state index contributed by atoms with van der Waals surface area (Å²) < 4.78 is 38.5. The van der Waals surface area contributed by atoms with Crippen molar-refractivity contribution >= 4 is 10.9 Å². The van der Waals surface area contributed by atoms with Crippen molar-refractivity contribution in [3.8, 4) is 0 Å². The molecule has 1 N–H and O–H groups in total. The van der Waals surface area contributed by atoms with Gasteiger partial charge in [0.15, 0.2) is 0 Å². The summed E-state index contributed by atoms with van der Waals surface area (Å²) in [5, 5.41) is 3.61. The van der Waals surface area contributed by atoms with Gasteiger partial charge in [0, 0.05) is 17.6 Å². The highest BCUT2D eigenvalue weighted by Crippen LogP contribution is 2.49. The van der Waals surface area contributed by atoms with E-state index in [-0.39, 0.29) is 19.4 Å². The fraction of sp³-hybridized carbons (Fsp3) is 0.400. The minimum absolute atomic E-state index is 0.171. The first-order chi connectivity index (χ1) is 9.40. The van der Waals surface area contributed by atoms with E-state index in [0.29, 0.717) is 0 Å². The fourth-order valence-electron chi connectivity index (χ4n) is 2.34. The SMILES string of the molecule is Cc1ccc2cc(CNC3(C(F)(F)F)CC3)ccc2n1. The summed E-state index contributed by atoms with van der Waals surface area (Å²) in [5.41, 5.74) is 0.981. The van der Waals surface area contributed by atoms with Gasteiger partial charge in [-0.25, -0.2) is 0 Å². The number of nitrogens with one attached hydrogen (secondary N) is 1. The van der Waals surface area contributed by atoms with Gasteiger partial charge in [-0.1, -0.05) is 12.1 Å². The average molecular weight is 280 g/mol. The highest BCUT2D eigenvalue weighted by atomic mass is 19.4. The Bertz CT molecular complexity index is 645. The molecule has 1 fully saturated rings. The number of benzene rings is 1. The molecule has 1 saturated carbocycles. The monoisotopic (exact) mass is 280 g/mol. The lowest BCUT2D eigenvalue weighted by molar-refractivity contribution is -0.166. The number of rotatable bonds is 3. The summed E-state index contributed by atoms with van der Waals surface area (Å²) in [7, 11) is 0. The van der Waals surface area contributed by atoms with E-state index in [2.05, 4.69) is 10.3 Å². The largest absolute Gasteiger partial charge is 0.406 e.